The van der Waals surface area contributed by atoms with Gasteiger partial charge >= 0.3 is 0 Å². The van der Waals surface area contributed by atoms with Crippen molar-refractivity contribution in [1.82, 2.24) is 4.98 Å². The van der Waals surface area contributed by atoms with Gasteiger partial charge in [0.05, 0.1) is 31.9 Å². The lowest BCUT2D eigenvalue weighted by Crippen LogP contribution is -2.52. The molecule has 5 N–H and O–H groups in total. The first-order valence-corrected chi connectivity index (χ1v) is 12.5. The molecule has 1 heterocycles. The summed E-state index contributed by atoms with van der Waals surface area (Å²) in [7, 11) is 1.38. The van der Waals surface area contributed by atoms with Crippen molar-refractivity contribution in [2.45, 2.75) is 25.2 Å². The van der Waals surface area contributed by atoms with Gasteiger partial charge in [-0.15, -0.1) is 0 Å². The van der Waals surface area contributed by atoms with Gasteiger partial charge in [0.2, 0.25) is 16.3 Å². The quantitative estimate of drug-likeness (QED) is 0.227. The Kier molecular flexibility index (Phi) is 5.24. The first kappa shape index (κ1) is 25.1. The summed E-state index contributed by atoms with van der Waals surface area (Å²) in [5.41, 5.74) is -5.69. The molecule has 200 valence electrons. The maximum Gasteiger partial charge on any atom is 0.260 e. The Morgan fingerprint density at radius 3 is 2.20 bits per heavy atom. The van der Waals surface area contributed by atoms with Crippen LogP contribution in [0.5, 0.6) is 5.75 Å². The summed E-state index contributed by atoms with van der Waals surface area (Å²) in [6.45, 7) is 1.85. The molecule has 0 bridgehead atoms. The second kappa shape index (κ2) is 8.37. The summed E-state index contributed by atoms with van der Waals surface area (Å²) in [5, 5.41) is 34.7. The van der Waals surface area contributed by atoms with E-state index in [-0.39, 0.29) is 29.5 Å². The predicted molar refractivity (Wildman–Crippen MR) is 150 cm³/mol. The van der Waals surface area contributed by atoms with Gasteiger partial charge in [-0.05, 0) is 42.9 Å². The van der Waals surface area contributed by atoms with Crippen LogP contribution in [0.3, 0.4) is 0 Å². The molecule has 4 aliphatic carbocycles. The number of benzene rings is 1. The number of H-pyrrole nitrogens is 1. The molecule has 1 spiro atoms. The van der Waals surface area contributed by atoms with Crippen molar-refractivity contribution in [3.8, 4) is 5.75 Å². The highest BCUT2D eigenvalue weighted by molar-refractivity contribution is 5.94. The average molecular weight is 539 g/mol. The number of aromatic amines is 1. The summed E-state index contributed by atoms with van der Waals surface area (Å²) in [4.78, 5) is 68.5. The lowest BCUT2D eigenvalue weighted by Gasteiger charge is -2.27. The van der Waals surface area contributed by atoms with E-state index in [1.807, 2.05) is 13.0 Å². The van der Waals surface area contributed by atoms with E-state index in [2.05, 4.69) is 10.3 Å². The number of aromatic nitrogens is 1. The van der Waals surface area contributed by atoms with Crippen LogP contribution in [0.25, 0.3) is 28.4 Å². The standard InChI is InChI=1S/C30H22N2O8/c1-3-4-5-6-14-10-13-9-12-7-8-30(22(12)26(37)17(13)29(40)32-14)27(38)20-21(28(30)39)25(36)19-18(24(20)35)16(33)11-15(31-2)23(19)34/h3-6,9-11,31,37-39H,7-8H2,1-2H3,(H,32,40)/b4-3+,6-5+/t30-/m0/s1. The van der Waals surface area contributed by atoms with Crippen LogP contribution in [0.2, 0.25) is 0 Å². The van der Waals surface area contributed by atoms with Gasteiger partial charge in [0.1, 0.15) is 22.7 Å². The number of aliphatic hydroxyl groups is 2. The fourth-order valence-corrected chi connectivity index (χ4v) is 6.19. The molecule has 10 heteroatoms. The maximum atomic E-state index is 13.6. The molecular weight excluding hydrogens is 516 g/mol. The molecule has 0 amide bonds. The molecule has 10 nitrogen and oxygen atoms in total. The highest BCUT2D eigenvalue weighted by Crippen LogP contribution is 2.54. The van der Waals surface area contributed by atoms with E-state index in [1.54, 1.807) is 30.4 Å². The van der Waals surface area contributed by atoms with E-state index >= 15 is 0 Å². The predicted octanol–water partition coefficient (Wildman–Crippen LogP) is 0.136. The summed E-state index contributed by atoms with van der Waals surface area (Å²) in [6.07, 6.45) is 7.19. The number of phenols is 1. The van der Waals surface area contributed by atoms with Crippen LogP contribution in [0.15, 0.2) is 60.4 Å². The van der Waals surface area contributed by atoms with E-state index in [0.717, 1.165) is 6.07 Å². The summed E-state index contributed by atoms with van der Waals surface area (Å²) in [6, 6.07) is 4.23. The molecule has 1 aromatic heterocycles. The number of rotatable bonds is 3. The Morgan fingerprint density at radius 1 is 0.875 bits per heavy atom. The number of aromatic hydroxyl groups is 1. The third-order valence-corrected chi connectivity index (χ3v) is 7.94. The SMILES string of the molecule is C/C=C/C=C/c1cc2cc3c(c(O)c2c(=O)[nH]1)[C@@]1(CC3)C(O)=c2c(=O)c3c(=O)cc(NC)c(=O)c=3c(=O)c2=C1O. The van der Waals surface area contributed by atoms with Gasteiger partial charge in [-0.2, -0.15) is 0 Å². The monoisotopic (exact) mass is 538 g/mol. The van der Waals surface area contributed by atoms with Crippen molar-refractivity contribution in [2.24, 2.45) is 0 Å². The molecule has 6 rings (SSSR count). The molecule has 1 aromatic carbocycles. The van der Waals surface area contributed by atoms with E-state index in [0.29, 0.717) is 16.6 Å². The van der Waals surface area contributed by atoms with Crippen LogP contribution in [-0.4, -0.2) is 27.4 Å². The van der Waals surface area contributed by atoms with Crippen LogP contribution in [0.1, 0.15) is 30.2 Å². The Hall–Kier alpha value is -5.25. The van der Waals surface area contributed by atoms with Crippen LogP contribution in [0, 0.1) is 10.4 Å². The van der Waals surface area contributed by atoms with E-state index in [9.17, 15) is 39.3 Å². The molecule has 0 radical (unpaired) electrons. The summed E-state index contributed by atoms with van der Waals surface area (Å²) in [5.74, 6) is -1.96. The Labute approximate surface area is 223 Å². The van der Waals surface area contributed by atoms with Crippen LogP contribution >= 0.6 is 0 Å². The molecule has 0 unspecified atom stereocenters. The zero-order valence-corrected chi connectivity index (χ0v) is 21.3. The normalized spacial score (nSPS) is 18.1. The van der Waals surface area contributed by atoms with Crippen molar-refractivity contribution in [2.75, 3.05) is 12.4 Å². The molecule has 0 fully saturated rings. The number of aryl methyl sites for hydroxylation is 1. The van der Waals surface area contributed by atoms with Gasteiger partial charge < -0.3 is 25.6 Å². The summed E-state index contributed by atoms with van der Waals surface area (Å²) >= 11 is 0. The molecule has 0 saturated carbocycles. The highest BCUT2D eigenvalue weighted by atomic mass is 16.3. The molecule has 0 saturated heterocycles. The van der Waals surface area contributed by atoms with Gasteiger partial charge in [0, 0.05) is 24.4 Å². The number of phenolic OH excluding ortho intramolecular Hbond substituents is 1. The minimum atomic E-state index is -1.92. The van der Waals surface area contributed by atoms with E-state index in [1.165, 1.54) is 7.05 Å². The molecule has 2 aromatic rings. The van der Waals surface area contributed by atoms with Crippen LogP contribution in [-0.2, 0) is 11.8 Å². The van der Waals surface area contributed by atoms with Crippen molar-refractivity contribution >= 4 is 34.1 Å². The van der Waals surface area contributed by atoms with Crippen molar-refractivity contribution in [3.05, 3.63) is 125 Å². The van der Waals surface area contributed by atoms with E-state index in [4.69, 9.17) is 0 Å². The number of fused-ring (bicyclic) bond motifs is 4. The number of pyridine rings is 1. The number of hydrogen-bond donors (Lipinski definition) is 5. The van der Waals surface area contributed by atoms with E-state index < -0.39 is 70.8 Å². The van der Waals surface area contributed by atoms with Crippen molar-refractivity contribution in [3.63, 3.8) is 0 Å². The van der Waals surface area contributed by atoms with Crippen molar-refractivity contribution < 1.29 is 15.3 Å². The maximum absolute atomic E-state index is 13.6. The third kappa shape index (κ3) is 2.95. The summed E-state index contributed by atoms with van der Waals surface area (Å²) < 4.78 is 0. The molecular formula is C30H22N2O8. The van der Waals surface area contributed by atoms with Gasteiger partial charge in [-0.1, -0.05) is 24.3 Å². The minimum absolute atomic E-state index is 0.0163. The first-order chi connectivity index (χ1) is 19.1. The van der Waals surface area contributed by atoms with Gasteiger partial charge in [0.15, 0.2) is 5.43 Å². The number of allylic oxidation sites excluding steroid dienone is 3. The second-order valence-electron chi connectivity index (χ2n) is 9.92. The van der Waals surface area contributed by atoms with Gasteiger partial charge in [-0.3, -0.25) is 24.0 Å². The fraction of sp³-hybridized carbons (Fsp3) is 0.167. The van der Waals surface area contributed by atoms with Crippen molar-refractivity contribution in [1.29, 1.82) is 0 Å². The molecule has 1 atom stereocenters. The molecule has 4 aliphatic rings. The van der Waals surface area contributed by atoms with Gasteiger partial charge in [0.25, 0.3) is 5.56 Å². The Morgan fingerprint density at radius 2 is 1.55 bits per heavy atom. The number of hydrogen-bond acceptors (Lipinski definition) is 9. The topological polar surface area (TPSA) is 174 Å². The van der Waals surface area contributed by atoms with Gasteiger partial charge in [-0.25, -0.2) is 0 Å². The zero-order chi connectivity index (χ0) is 28.7. The number of nitrogens with one attached hydrogen (secondary N) is 2. The number of anilines is 1. The Bertz CT molecular complexity index is 2360. The Balaban J connectivity index is 1.75. The average Bonchev–Trinajstić information content (AvgIpc) is 3.40. The lowest BCUT2D eigenvalue weighted by molar-refractivity contribution is 0.362. The molecule has 40 heavy (non-hydrogen) atoms. The smallest absolute Gasteiger partial charge is 0.260 e. The third-order valence-electron chi connectivity index (χ3n) is 7.94. The number of aliphatic hydroxyl groups excluding tert-OH is 2. The van der Waals surface area contributed by atoms with Crippen LogP contribution < -0.4 is 43.0 Å². The second-order valence-corrected chi connectivity index (χ2v) is 9.92. The zero-order valence-electron chi connectivity index (χ0n) is 21.3. The minimum Gasteiger partial charge on any atom is -0.510 e. The fourth-order valence-electron chi connectivity index (χ4n) is 6.19. The van der Waals surface area contributed by atoms with Crippen LogP contribution in [0.4, 0.5) is 5.69 Å². The largest absolute Gasteiger partial charge is 0.510 e. The molecule has 0 aliphatic heterocycles. The first-order valence-electron chi connectivity index (χ1n) is 12.5. The highest BCUT2D eigenvalue weighted by Gasteiger charge is 2.53. The lowest BCUT2D eigenvalue weighted by atomic mass is 9.78.